The van der Waals surface area contributed by atoms with E-state index in [1.54, 1.807) is 0 Å². The van der Waals surface area contributed by atoms with Crippen molar-refractivity contribution in [2.24, 2.45) is 5.92 Å². The van der Waals surface area contributed by atoms with E-state index in [4.69, 9.17) is 4.52 Å². The molecule has 1 amide bonds. The Morgan fingerprint density at radius 2 is 2.20 bits per heavy atom. The molecule has 0 radical (unpaired) electrons. The van der Waals surface area contributed by atoms with Gasteiger partial charge in [0.15, 0.2) is 0 Å². The number of aryl methyl sites for hydroxylation is 2. The van der Waals surface area contributed by atoms with Crippen LogP contribution in [-0.4, -0.2) is 35.1 Å². The van der Waals surface area contributed by atoms with Crippen LogP contribution in [0.5, 0.6) is 0 Å². The topological polar surface area (TPSA) is 58.4 Å². The molecule has 1 aliphatic carbocycles. The van der Waals surface area contributed by atoms with Gasteiger partial charge < -0.3 is 9.84 Å². The summed E-state index contributed by atoms with van der Waals surface area (Å²) in [5.41, 5.74) is 2.17. The lowest BCUT2D eigenvalue weighted by Crippen LogP contribution is -2.42. The Bertz CT molecular complexity index is 474. The summed E-state index contributed by atoms with van der Waals surface area (Å²) in [5.74, 6) is 1.46. The second-order valence-corrected chi connectivity index (χ2v) is 6.16. The molecule has 5 nitrogen and oxygen atoms in total. The van der Waals surface area contributed by atoms with Crippen molar-refractivity contribution in [1.82, 2.24) is 15.4 Å². The lowest BCUT2D eigenvalue weighted by atomic mass is 9.84. The highest BCUT2D eigenvalue weighted by atomic mass is 16.5. The van der Waals surface area contributed by atoms with E-state index < -0.39 is 0 Å². The van der Waals surface area contributed by atoms with Crippen molar-refractivity contribution >= 4 is 5.91 Å². The fourth-order valence-electron chi connectivity index (χ4n) is 3.03. The molecule has 0 bridgehead atoms. The standard InChI is InChI=1S/C15H23N3O2/c1-10-14(11(2)20-17-10)9-18-7-6-13(8-18)16-15(19)12-4-3-5-12/h12-13H,3-9H2,1-2H3,(H,16,19). The minimum Gasteiger partial charge on any atom is -0.361 e. The van der Waals surface area contributed by atoms with Crippen LogP contribution >= 0.6 is 0 Å². The molecule has 3 rings (SSSR count). The number of carbonyl (C=O) groups is 1. The predicted molar refractivity (Wildman–Crippen MR) is 75.1 cm³/mol. The molecule has 1 aliphatic heterocycles. The van der Waals surface area contributed by atoms with Gasteiger partial charge in [-0.3, -0.25) is 9.69 Å². The molecule has 1 unspecified atom stereocenters. The van der Waals surface area contributed by atoms with Gasteiger partial charge in [0.25, 0.3) is 0 Å². The highest BCUT2D eigenvalue weighted by molar-refractivity contribution is 5.79. The summed E-state index contributed by atoms with van der Waals surface area (Å²) in [6.07, 6.45) is 4.39. The van der Waals surface area contributed by atoms with Crippen molar-refractivity contribution in [2.45, 2.75) is 52.1 Å². The zero-order valence-corrected chi connectivity index (χ0v) is 12.3. The first-order valence-corrected chi connectivity index (χ1v) is 7.58. The van der Waals surface area contributed by atoms with Gasteiger partial charge in [0.05, 0.1) is 5.69 Å². The summed E-state index contributed by atoms with van der Waals surface area (Å²) in [7, 11) is 0. The zero-order chi connectivity index (χ0) is 14.1. The number of likely N-dealkylation sites (tertiary alicyclic amines) is 1. The summed E-state index contributed by atoms with van der Waals surface area (Å²) >= 11 is 0. The summed E-state index contributed by atoms with van der Waals surface area (Å²) in [4.78, 5) is 14.3. The zero-order valence-electron chi connectivity index (χ0n) is 12.3. The lowest BCUT2D eigenvalue weighted by Gasteiger charge is -2.26. The summed E-state index contributed by atoms with van der Waals surface area (Å²) < 4.78 is 5.20. The summed E-state index contributed by atoms with van der Waals surface area (Å²) in [5, 5.41) is 7.20. The third-order valence-electron chi connectivity index (χ3n) is 4.66. The van der Waals surface area contributed by atoms with Crippen LogP contribution in [0.15, 0.2) is 4.52 Å². The number of aromatic nitrogens is 1. The molecule has 2 heterocycles. The van der Waals surface area contributed by atoms with E-state index in [0.29, 0.717) is 6.04 Å². The van der Waals surface area contributed by atoms with Crippen LogP contribution in [0.3, 0.4) is 0 Å². The molecule has 1 saturated carbocycles. The van der Waals surface area contributed by atoms with E-state index >= 15 is 0 Å². The van der Waals surface area contributed by atoms with Crippen LogP contribution in [0.1, 0.15) is 42.7 Å². The number of rotatable bonds is 4. The van der Waals surface area contributed by atoms with Crippen molar-refractivity contribution in [3.8, 4) is 0 Å². The third-order valence-corrected chi connectivity index (χ3v) is 4.66. The predicted octanol–water partition coefficient (Wildman–Crippen LogP) is 1.78. The minimum absolute atomic E-state index is 0.264. The van der Waals surface area contributed by atoms with E-state index in [-0.39, 0.29) is 11.8 Å². The Morgan fingerprint density at radius 1 is 1.40 bits per heavy atom. The van der Waals surface area contributed by atoms with Crippen molar-refractivity contribution in [1.29, 1.82) is 0 Å². The maximum absolute atomic E-state index is 12.0. The van der Waals surface area contributed by atoms with Crippen molar-refractivity contribution in [3.05, 3.63) is 17.0 Å². The normalized spacial score (nSPS) is 23.8. The smallest absolute Gasteiger partial charge is 0.223 e. The van der Waals surface area contributed by atoms with Gasteiger partial charge in [-0.25, -0.2) is 0 Å². The third kappa shape index (κ3) is 2.73. The fraction of sp³-hybridized carbons (Fsp3) is 0.733. The molecule has 1 aromatic heterocycles. The van der Waals surface area contributed by atoms with E-state index in [0.717, 1.165) is 50.4 Å². The molecule has 1 atom stereocenters. The average Bonchev–Trinajstić information content (AvgIpc) is 2.89. The maximum Gasteiger partial charge on any atom is 0.223 e. The molecule has 2 fully saturated rings. The summed E-state index contributed by atoms with van der Waals surface area (Å²) in [6.45, 7) is 6.78. The summed E-state index contributed by atoms with van der Waals surface area (Å²) in [6, 6.07) is 0.309. The van der Waals surface area contributed by atoms with Gasteiger partial charge in [-0.2, -0.15) is 0 Å². The Morgan fingerprint density at radius 3 is 2.80 bits per heavy atom. The number of hydrogen-bond donors (Lipinski definition) is 1. The van der Waals surface area contributed by atoms with Gasteiger partial charge in [0, 0.05) is 37.2 Å². The Balaban J connectivity index is 1.50. The number of nitrogens with zero attached hydrogens (tertiary/aromatic N) is 2. The first kappa shape index (κ1) is 13.6. The molecule has 5 heteroatoms. The fourth-order valence-corrected chi connectivity index (χ4v) is 3.03. The second kappa shape index (κ2) is 5.56. The first-order chi connectivity index (χ1) is 9.63. The van der Waals surface area contributed by atoms with Gasteiger partial charge in [-0.05, 0) is 33.1 Å². The lowest BCUT2D eigenvalue weighted by molar-refractivity contribution is -0.128. The van der Waals surface area contributed by atoms with Gasteiger partial charge in [0.2, 0.25) is 5.91 Å². The van der Waals surface area contributed by atoms with Gasteiger partial charge in [-0.15, -0.1) is 0 Å². The van der Waals surface area contributed by atoms with E-state index in [1.807, 2.05) is 13.8 Å². The number of nitrogens with one attached hydrogen (secondary N) is 1. The van der Waals surface area contributed by atoms with Gasteiger partial charge in [-0.1, -0.05) is 11.6 Å². The first-order valence-electron chi connectivity index (χ1n) is 7.58. The van der Waals surface area contributed by atoms with E-state index in [2.05, 4.69) is 15.4 Å². The number of hydrogen-bond acceptors (Lipinski definition) is 4. The highest BCUT2D eigenvalue weighted by Gasteiger charge is 2.30. The van der Waals surface area contributed by atoms with Gasteiger partial charge >= 0.3 is 0 Å². The maximum atomic E-state index is 12.0. The van der Waals surface area contributed by atoms with Crippen LogP contribution < -0.4 is 5.32 Å². The molecule has 1 N–H and O–H groups in total. The number of carbonyl (C=O) groups excluding carboxylic acids is 1. The van der Waals surface area contributed by atoms with Crippen LogP contribution in [0, 0.1) is 19.8 Å². The van der Waals surface area contributed by atoms with Crippen LogP contribution in [0.25, 0.3) is 0 Å². The SMILES string of the molecule is Cc1noc(C)c1CN1CCC(NC(=O)C2CCC2)C1. The minimum atomic E-state index is 0.264. The van der Waals surface area contributed by atoms with Crippen molar-refractivity contribution in [2.75, 3.05) is 13.1 Å². The quantitative estimate of drug-likeness (QED) is 0.911. The molecule has 1 aromatic rings. The Hall–Kier alpha value is -1.36. The van der Waals surface area contributed by atoms with Gasteiger partial charge in [0.1, 0.15) is 5.76 Å². The van der Waals surface area contributed by atoms with Crippen LogP contribution in [0.4, 0.5) is 0 Å². The molecular formula is C15H23N3O2. The Labute approximate surface area is 119 Å². The molecule has 110 valence electrons. The molecule has 0 spiro atoms. The second-order valence-electron chi connectivity index (χ2n) is 6.16. The molecule has 2 aliphatic rings. The molecule has 1 saturated heterocycles. The van der Waals surface area contributed by atoms with Crippen molar-refractivity contribution < 1.29 is 9.32 Å². The van der Waals surface area contributed by atoms with Crippen molar-refractivity contribution in [3.63, 3.8) is 0 Å². The average molecular weight is 277 g/mol. The Kier molecular flexibility index (Phi) is 3.78. The molecular weight excluding hydrogens is 254 g/mol. The monoisotopic (exact) mass is 277 g/mol. The van der Waals surface area contributed by atoms with E-state index in [9.17, 15) is 4.79 Å². The largest absolute Gasteiger partial charge is 0.361 e. The number of amides is 1. The van der Waals surface area contributed by atoms with Crippen LogP contribution in [-0.2, 0) is 11.3 Å². The van der Waals surface area contributed by atoms with Crippen LogP contribution in [0.2, 0.25) is 0 Å². The molecule has 20 heavy (non-hydrogen) atoms. The highest BCUT2D eigenvalue weighted by Crippen LogP contribution is 2.27. The molecule has 0 aromatic carbocycles. The van der Waals surface area contributed by atoms with E-state index in [1.165, 1.54) is 12.0 Å².